The average molecular weight is 468 g/mol. The van der Waals surface area contributed by atoms with E-state index >= 15 is 0 Å². The van der Waals surface area contributed by atoms with Crippen molar-refractivity contribution >= 4 is 37.9 Å². The van der Waals surface area contributed by atoms with Gasteiger partial charge in [0.15, 0.2) is 25.8 Å². The number of halogens is 1. The Hall–Kier alpha value is -2.37. The molecule has 0 radical (unpaired) electrons. The average Bonchev–Trinajstić information content (AvgIpc) is 3.52. The van der Waals surface area contributed by atoms with E-state index in [1.807, 2.05) is 0 Å². The highest BCUT2D eigenvalue weighted by atomic mass is 32.2. The molecule has 0 bridgehead atoms. The van der Waals surface area contributed by atoms with Crippen molar-refractivity contribution in [2.75, 3.05) is 18.5 Å². The van der Waals surface area contributed by atoms with E-state index in [9.17, 15) is 17.6 Å². The molecule has 2 heterocycles. The first-order valence-corrected chi connectivity index (χ1v) is 12.4. The lowest BCUT2D eigenvalue weighted by Gasteiger charge is -2.12. The van der Waals surface area contributed by atoms with E-state index in [1.165, 1.54) is 24.3 Å². The van der Waals surface area contributed by atoms with Crippen LogP contribution in [0, 0.1) is 5.13 Å². The Kier molecular flexibility index (Phi) is 6.63. The quantitative estimate of drug-likeness (QED) is 0.495. The summed E-state index contributed by atoms with van der Waals surface area (Å²) in [6, 6.07) is 5.93. The number of carbonyl (C=O) groups is 1. The zero-order valence-electron chi connectivity index (χ0n) is 16.6. The maximum absolute atomic E-state index is 13.2. The number of oxime groups is 1. The summed E-state index contributed by atoms with van der Waals surface area (Å²) in [5.74, 6) is -0.618. The van der Waals surface area contributed by atoms with E-state index in [2.05, 4.69) is 15.5 Å². The third-order valence-electron chi connectivity index (χ3n) is 5.29. The number of amides is 1. The van der Waals surface area contributed by atoms with Crippen molar-refractivity contribution in [3.63, 3.8) is 0 Å². The summed E-state index contributed by atoms with van der Waals surface area (Å²) in [7, 11) is -3.52. The van der Waals surface area contributed by atoms with Gasteiger partial charge in [-0.2, -0.15) is 4.39 Å². The molecule has 1 atom stereocenters. The minimum absolute atomic E-state index is 0.0318. The maximum atomic E-state index is 13.2. The molecule has 11 heteroatoms. The largest absolute Gasteiger partial charge is 0.392 e. The molecule has 1 N–H and O–H groups in total. The SMILES string of the molecule is O=C(Nc1ncc(F)s1)C(=NOC1CCCC1)c1ccc(S(=O)(=O)[C@H]2CCOC2)cc1. The molecule has 1 saturated carbocycles. The van der Waals surface area contributed by atoms with Crippen LogP contribution >= 0.6 is 11.3 Å². The summed E-state index contributed by atoms with van der Waals surface area (Å²) < 4.78 is 43.9. The fraction of sp³-hybridized carbons (Fsp3) is 0.450. The van der Waals surface area contributed by atoms with E-state index in [0.29, 0.717) is 29.9 Å². The monoisotopic (exact) mass is 467 g/mol. The molecule has 2 aliphatic rings. The second-order valence-corrected chi connectivity index (χ2v) is 10.6. The molecule has 0 unspecified atom stereocenters. The molecule has 4 rings (SSSR count). The van der Waals surface area contributed by atoms with Gasteiger partial charge in [-0.15, -0.1) is 0 Å². The van der Waals surface area contributed by atoms with Crippen molar-refractivity contribution < 1.29 is 27.2 Å². The van der Waals surface area contributed by atoms with Crippen LogP contribution in [0.15, 0.2) is 40.5 Å². The van der Waals surface area contributed by atoms with E-state index in [0.717, 1.165) is 31.9 Å². The van der Waals surface area contributed by atoms with Crippen LogP contribution in [-0.2, 0) is 24.2 Å². The van der Waals surface area contributed by atoms with Crippen molar-refractivity contribution in [1.82, 2.24) is 4.98 Å². The highest BCUT2D eigenvalue weighted by Crippen LogP contribution is 2.24. The van der Waals surface area contributed by atoms with Crippen LogP contribution in [0.1, 0.15) is 37.7 Å². The molecule has 8 nitrogen and oxygen atoms in total. The molecule has 0 spiro atoms. The molecule has 1 saturated heterocycles. The molecule has 1 aliphatic carbocycles. The van der Waals surface area contributed by atoms with Gasteiger partial charge in [0, 0.05) is 12.2 Å². The molecule has 166 valence electrons. The van der Waals surface area contributed by atoms with Crippen LogP contribution in [0.5, 0.6) is 0 Å². The van der Waals surface area contributed by atoms with Gasteiger partial charge in [0.05, 0.1) is 22.9 Å². The Morgan fingerprint density at radius 1 is 1.23 bits per heavy atom. The van der Waals surface area contributed by atoms with Crippen molar-refractivity contribution in [3.8, 4) is 0 Å². The van der Waals surface area contributed by atoms with Crippen LogP contribution in [0.3, 0.4) is 0 Å². The Balaban J connectivity index is 1.57. The Morgan fingerprint density at radius 2 is 1.97 bits per heavy atom. The molecule has 2 fully saturated rings. The number of carbonyl (C=O) groups excluding carboxylic acids is 1. The molecule has 31 heavy (non-hydrogen) atoms. The maximum Gasteiger partial charge on any atom is 0.280 e. The zero-order valence-corrected chi connectivity index (χ0v) is 18.3. The van der Waals surface area contributed by atoms with Crippen molar-refractivity contribution in [3.05, 3.63) is 41.2 Å². The number of ether oxygens (including phenoxy) is 1. The number of sulfone groups is 1. The van der Waals surface area contributed by atoms with Gasteiger partial charge < -0.3 is 9.57 Å². The Morgan fingerprint density at radius 3 is 2.58 bits per heavy atom. The Labute approximate surface area is 183 Å². The fourth-order valence-electron chi connectivity index (χ4n) is 3.57. The third kappa shape index (κ3) is 5.10. The number of nitrogens with one attached hydrogen (secondary N) is 1. The lowest BCUT2D eigenvalue weighted by Crippen LogP contribution is -2.25. The van der Waals surface area contributed by atoms with Gasteiger partial charge in [-0.1, -0.05) is 28.6 Å². The van der Waals surface area contributed by atoms with Crippen molar-refractivity contribution in [1.29, 1.82) is 0 Å². The number of hydrogen-bond acceptors (Lipinski definition) is 8. The normalized spacial score (nSPS) is 20.2. The smallest absolute Gasteiger partial charge is 0.280 e. The number of hydrogen-bond donors (Lipinski definition) is 1. The molecule has 1 aliphatic heterocycles. The molecular weight excluding hydrogens is 445 g/mol. The zero-order chi connectivity index (χ0) is 21.8. The second-order valence-electron chi connectivity index (χ2n) is 7.43. The van der Waals surface area contributed by atoms with Gasteiger partial charge in [0.2, 0.25) is 0 Å². The first-order valence-electron chi connectivity index (χ1n) is 10.0. The summed E-state index contributed by atoms with van der Waals surface area (Å²) in [6.45, 7) is 0.605. The molecule has 1 aromatic carbocycles. The standard InChI is InChI=1S/C20H22FN3O5S2/c21-17-11-22-20(30-17)23-19(25)18(24-29-14-3-1-2-4-14)13-5-7-15(8-6-13)31(26,27)16-9-10-28-12-16/h5-8,11,14,16H,1-4,9-10,12H2,(H,22,23,25)/t16-/m0/s1. The van der Waals surface area contributed by atoms with Gasteiger partial charge in [-0.3, -0.25) is 10.1 Å². The molecule has 2 aromatic rings. The predicted octanol–water partition coefficient (Wildman–Crippen LogP) is 3.15. The lowest BCUT2D eigenvalue weighted by molar-refractivity contribution is -0.110. The van der Waals surface area contributed by atoms with Crippen molar-refractivity contribution in [2.24, 2.45) is 5.16 Å². The second kappa shape index (κ2) is 9.41. The topological polar surface area (TPSA) is 107 Å². The van der Waals surface area contributed by atoms with Crippen molar-refractivity contribution in [2.45, 2.75) is 48.4 Å². The van der Waals surface area contributed by atoms with Crippen LogP contribution in [-0.4, -0.2) is 49.6 Å². The highest BCUT2D eigenvalue weighted by Gasteiger charge is 2.31. The van der Waals surface area contributed by atoms with E-state index in [-0.39, 0.29) is 28.4 Å². The number of thiazole rings is 1. The number of aromatic nitrogens is 1. The van der Waals surface area contributed by atoms with E-state index in [4.69, 9.17) is 9.57 Å². The van der Waals surface area contributed by atoms with E-state index < -0.39 is 26.1 Å². The highest BCUT2D eigenvalue weighted by molar-refractivity contribution is 7.92. The Bertz CT molecular complexity index is 1060. The number of rotatable bonds is 7. The van der Waals surface area contributed by atoms with Crippen LogP contribution < -0.4 is 5.32 Å². The summed E-state index contributed by atoms with van der Waals surface area (Å²) in [5, 5.41) is 5.57. The van der Waals surface area contributed by atoms with Gasteiger partial charge in [0.25, 0.3) is 5.91 Å². The summed E-state index contributed by atoms with van der Waals surface area (Å²) in [6.07, 6.45) is 5.20. The number of benzene rings is 1. The van der Waals surface area contributed by atoms with Gasteiger partial charge in [0.1, 0.15) is 6.10 Å². The number of anilines is 1. The fourth-order valence-corrected chi connectivity index (χ4v) is 5.69. The molecule has 1 aromatic heterocycles. The van der Waals surface area contributed by atoms with Crippen LogP contribution in [0.2, 0.25) is 0 Å². The first kappa shape index (κ1) is 21.8. The number of nitrogens with zero attached hydrogens (tertiary/aromatic N) is 2. The molecule has 1 amide bonds. The predicted molar refractivity (Wildman–Crippen MR) is 113 cm³/mol. The van der Waals surface area contributed by atoms with Crippen LogP contribution in [0.4, 0.5) is 9.52 Å². The minimum Gasteiger partial charge on any atom is -0.392 e. The molecular formula is C20H22FN3O5S2. The van der Waals surface area contributed by atoms with Gasteiger partial charge in [-0.25, -0.2) is 13.4 Å². The van der Waals surface area contributed by atoms with E-state index in [1.54, 1.807) is 0 Å². The minimum atomic E-state index is -3.52. The van der Waals surface area contributed by atoms with Gasteiger partial charge >= 0.3 is 0 Å². The van der Waals surface area contributed by atoms with Crippen LogP contribution in [0.25, 0.3) is 0 Å². The lowest BCUT2D eigenvalue weighted by atomic mass is 10.1. The first-order chi connectivity index (χ1) is 14.9. The summed E-state index contributed by atoms with van der Waals surface area (Å²) in [5.41, 5.74) is 0.352. The van der Waals surface area contributed by atoms with Gasteiger partial charge in [-0.05, 0) is 44.2 Å². The summed E-state index contributed by atoms with van der Waals surface area (Å²) in [4.78, 5) is 22.3. The third-order valence-corrected chi connectivity index (χ3v) is 8.17. The summed E-state index contributed by atoms with van der Waals surface area (Å²) >= 11 is 0.695.